The molecule has 1 atom stereocenters. The summed E-state index contributed by atoms with van der Waals surface area (Å²) >= 11 is 0. The minimum atomic E-state index is -0.386. The van der Waals surface area contributed by atoms with Crippen molar-refractivity contribution >= 4 is 23.4 Å². The number of carbonyl (C=O) groups excluding carboxylic acids is 3. The second-order valence-corrected chi connectivity index (χ2v) is 8.33. The lowest BCUT2D eigenvalue weighted by Gasteiger charge is -2.26. The van der Waals surface area contributed by atoms with Gasteiger partial charge in [-0.3, -0.25) is 14.4 Å². The van der Waals surface area contributed by atoms with Crippen LogP contribution in [0.1, 0.15) is 17.5 Å². The SMILES string of the molecule is Cc1ccccc1CNC(=O)[C@@H]1CC(=O)N(c2ccc(OCC(=O)N3CCOCC3)cc2)C1. The molecule has 174 valence electrons. The molecule has 8 nitrogen and oxygen atoms in total. The highest BCUT2D eigenvalue weighted by Crippen LogP contribution is 2.27. The van der Waals surface area contributed by atoms with E-state index in [-0.39, 0.29) is 36.7 Å². The van der Waals surface area contributed by atoms with Gasteiger partial charge in [0.15, 0.2) is 6.61 Å². The highest BCUT2D eigenvalue weighted by atomic mass is 16.5. The van der Waals surface area contributed by atoms with E-state index in [0.717, 1.165) is 11.1 Å². The van der Waals surface area contributed by atoms with E-state index < -0.39 is 0 Å². The predicted molar refractivity (Wildman–Crippen MR) is 123 cm³/mol. The molecule has 0 radical (unpaired) electrons. The van der Waals surface area contributed by atoms with Gasteiger partial charge in [-0.15, -0.1) is 0 Å². The van der Waals surface area contributed by atoms with Gasteiger partial charge in [0.25, 0.3) is 5.91 Å². The molecule has 2 saturated heterocycles. The van der Waals surface area contributed by atoms with Crippen LogP contribution in [0.5, 0.6) is 5.75 Å². The Morgan fingerprint density at radius 1 is 1.09 bits per heavy atom. The normalized spacial score (nSPS) is 18.3. The molecule has 0 bridgehead atoms. The standard InChI is InChI=1S/C25H29N3O5/c1-18-4-2-3-5-19(18)15-26-25(31)20-14-23(29)28(16-20)21-6-8-22(9-7-21)33-17-24(30)27-10-12-32-13-11-27/h2-9,20H,10-17H2,1H3,(H,26,31)/t20-/m1/s1. The number of carbonyl (C=O) groups is 3. The fourth-order valence-electron chi connectivity index (χ4n) is 4.04. The Labute approximate surface area is 193 Å². The summed E-state index contributed by atoms with van der Waals surface area (Å²) in [6.07, 6.45) is 0.186. The lowest BCUT2D eigenvalue weighted by Crippen LogP contribution is -2.42. The molecule has 2 aliphatic heterocycles. The first-order valence-electron chi connectivity index (χ1n) is 11.2. The highest BCUT2D eigenvalue weighted by Gasteiger charge is 2.35. The third-order valence-electron chi connectivity index (χ3n) is 6.08. The van der Waals surface area contributed by atoms with Crippen LogP contribution in [0, 0.1) is 12.8 Å². The van der Waals surface area contributed by atoms with Crippen molar-refractivity contribution in [2.24, 2.45) is 5.92 Å². The van der Waals surface area contributed by atoms with E-state index in [0.29, 0.717) is 50.8 Å². The van der Waals surface area contributed by atoms with Crippen molar-refractivity contribution < 1.29 is 23.9 Å². The number of ether oxygens (including phenoxy) is 2. The number of amides is 3. The summed E-state index contributed by atoms with van der Waals surface area (Å²) in [6, 6.07) is 14.9. The number of nitrogens with zero attached hydrogens (tertiary/aromatic N) is 2. The average molecular weight is 452 g/mol. The Balaban J connectivity index is 1.28. The van der Waals surface area contributed by atoms with Crippen LogP contribution in [0.2, 0.25) is 0 Å². The Morgan fingerprint density at radius 2 is 1.82 bits per heavy atom. The van der Waals surface area contributed by atoms with Gasteiger partial charge in [-0.05, 0) is 42.3 Å². The smallest absolute Gasteiger partial charge is 0.260 e. The van der Waals surface area contributed by atoms with Crippen molar-refractivity contribution in [1.29, 1.82) is 0 Å². The van der Waals surface area contributed by atoms with E-state index in [4.69, 9.17) is 9.47 Å². The van der Waals surface area contributed by atoms with Gasteiger partial charge < -0.3 is 24.6 Å². The van der Waals surface area contributed by atoms with Gasteiger partial charge in [-0.2, -0.15) is 0 Å². The van der Waals surface area contributed by atoms with Crippen molar-refractivity contribution in [3.05, 3.63) is 59.7 Å². The Kier molecular flexibility index (Phi) is 7.24. The molecule has 33 heavy (non-hydrogen) atoms. The number of hydrogen-bond acceptors (Lipinski definition) is 5. The van der Waals surface area contributed by atoms with Crippen LogP contribution in [0.4, 0.5) is 5.69 Å². The molecule has 2 fully saturated rings. The lowest BCUT2D eigenvalue weighted by molar-refractivity contribution is -0.137. The van der Waals surface area contributed by atoms with Gasteiger partial charge >= 0.3 is 0 Å². The van der Waals surface area contributed by atoms with E-state index in [1.165, 1.54) is 0 Å². The second kappa shape index (κ2) is 10.5. The number of benzene rings is 2. The monoisotopic (exact) mass is 451 g/mol. The van der Waals surface area contributed by atoms with Gasteiger partial charge in [0.05, 0.1) is 19.1 Å². The molecule has 0 spiro atoms. The summed E-state index contributed by atoms with van der Waals surface area (Å²) in [5, 5.41) is 2.96. The van der Waals surface area contributed by atoms with Gasteiger partial charge in [-0.25, -0.2) is 0 Å². The number of anilines is 1. The maximum atomic E-state index is 12.6. The number of rotatable bonds is 7. The second-order valence-electron chi connectivity index (χ2n) is 8.33. The number of hydrogen-bond donors (Lipinski definition) is 1. The first kappa shape index (κ1) is 22.8. The lowest BCUT2D eigenvalue weighted by atomic mass is 10.1. The topological polar surface area (TPSA) is 88.2 Å². The van der Waals surface area contributed by atoms with Crippen molar-refractivity contribution in [2.45, 2.75) is 19.9 Å². The molecule has 1 N–H and O–H groups in total. The Hall–Kier alpha value is -3.39. The van der Waals surface area contributed by atoms with E-state index in [9.17, 15) is 14.4 Å². The molecule has 8 heteroatoms. The van der Waals surface area contributed by atoms with Crippen molar-refractivity contribution in [1.82, 2.24) is 10.2 Å². The zero-order chi connectivity index (χ0) is 23.2. The summed E-state index contributed by atoms with van der Waals surface area (Å²) in [7, 11) is 0. The van der Waals surface area contributed by atoms with Crippen LogP contribution in [0.25, 0.3) is 0 Å². The van der Waals surface area contributed by atoms with E-state index in [2.05, 4.69) is 5.32 Å². The first-order valence-corrected chi connectivity index (χ1v) is 11.2. The minimum absolute atomic E-state index is 0.0366. The van der Waals surface area contributed by atoms with Crippen LogP contribution in [0.3, 0.4) is 0 Å². The van der Waals surface area contributed by atoms with E-state index in [1.54, 1.807) is 34.1 Å². The molecule has 2 aromatic rings. The van der Waals surface area contributed by atoms with Gasteiger partial charge in [0.1, 0.15) is 5.75 Å². The molecule has 2 aromatic carbocycles. The maximum absolute atomic E-state index is 12.6. The number of nitrogens with one attached hydrogen (secondary N) is 1. The molecule has 0 aromatic heterocycles. The fraction of sp³-hybridized carbons (Fsp3) is 0.400. The molecule has 4 rings (SSSR count). The molecule has 0 unspecified atom stereocenters. The molecule has 0 aliphatic carbocycles. The summed E-state index contributed by atoms with van der Waals surface area (Å²) in [5.74, 6) is -0.0994. The Morgan fingerprint density at radius 3 is 2.55 bits per heavy atom. The molecule has 2 aliphatic rings. The van der Waals surface area contributed by atoms with E-state index >= 15 is 0 Å². The molecular formula is C25H29N3O5. The number of morpholine rings is 1. The summed E-state index contributed by atoms with van der Waals surface area (Å²) in [5.41, 5.74) is 2.90. The maximum Gasteiger partial charge on any atom is 0.260 e. The zero-order valence-corrected chi connectivity index (χ0v) is 18.8. The third kappa shape index (κ3) is 5.70. The van der Waals surface area contributed by atoms with Gasteiger partial charge in [-0.1, -0.05) is 24.3 Å². The quantitative estimate of drug-likeness (QED) is 0.695. The van der Waals surface area contributed by atoms with Crippen molar-refractivity contribution in [2.75, 3.05) is 44.4 Å². The van der Waals surface area contributed by atoms with Crippen LogP contribution >= 0.6 is 0 Å². The van der Waals surface area contributed by atoms with Crippen LogP contribution < -0.4 is 15.0 Å². The van der Waals surface area contributed by atoms with Crippen molar-refractivity contribution in [3.63, 3.8) is 0 Å². The first-order chi connectivity index (χ1) is 16.0. The average Bonchev–Trinajstić information content (AvgIpc) is 3.24. The van der Waals surface area contributed by atoms with Gasteiger partial charge in [0, 0.05) is 38.3 Å². The van der Waals surface area contributed by atoms with Crippen LogP contribution in [0.15, 0.2) is 48.5 Å². The summed E-state index contributed by atoms with van der Waals surface area (Å²) in [6.45, 7) is 5.03. The Bertz CT molecular complexity index is 1000. The van der Waals surface area contributed by atoms with Crippen LogP contribution in [-0.2, 0) is 25.7 Å². The van der Waals surface area contributed by atoms with E-state index in [1.807, 2.05) is 31.2 Å². The summed E-state index contributed by atoms with van der Waals surface area (Å²) in [4.78, 5) is 40.7. The fourth-order valence-corrected chi connectivity index (χ4v) is 4.04. The largest absolute Gasteiger partial charge is 0.484 e. The predicted octanol–water partition coefficient (Wildman–Crippen LogP) is 1.90. The number of aryl methyl sites for hydroxylation is 1. The highest BCUT2D eigenvalue weighted by molar-refractivity contribution is 6.00. The molecular weight excluding hydrogens is 422 g/mol. The molecule has 3 amide bonds. The van der Waals surface area contributed by atoms with Gasteiger partial charge in [0.2, 0.25) is 11.8 Å². The molecule has 0 saturated carbocycles. The third-order valence-corrected chi connectivity index (χ3v) is 6.08. The summed E-state index contributed by atoms with van der Waals surface area (Å²) < 4.78 is 10.9. The van der Waals surface area contributed by atoms with Crippen molar-refractivity contribution in [3.8, 4) is 5.75 Å². The van der Waals surface area contributed by atoms with Crippen LogP contribution in [-0.4, -0.2) is 62.1 Å². The zero-order valence-electron chi connectivity index (χ0n) is 18.8. The molecule has 2 heterocycles. The minimum Gasteiger partial charge on any atom is -0.484 e.